The number of nitrogens with one attached hydrogen (secondary N) is 1. The van der Waals surface area contributed by atoms with Gasteiger partial charge in [0.25, 0.3) is 5.91 Å². The van der Waals surface area contributed by atoms with Crippen molar-refractivity contribution in [3.63, 3.8) is 0 Å². The maximum absolute atomic E-state index is 13.0. The van der Waals surface area contributed by atoms with Gasteiger partial charge in [0.2, 0.25) is 10.0 Å². The van der Waals surface area contributed by atoms with E-state index in [4.69, 9.17) is 16.3 Å². The molecule has 1 heterocycles. The van der Waals surface area contributed by atoms with Gasteiger partial charge in [-0.25, -0.2) is 8.42 Å². The first kappa shape index (κ1) is 22.6. The van der Waals surface area contributed by atoms with Gasteiger partial charge in [0, 0.05) is 18.7 Å². The van der Waals surface area contributed by atoms with Crippen LogP contribution in [-0.4, -0.2) is 38.3 Å². The number of benzene rings is 2. The van der Waals surface area contributed by atoms with Crippen LogP contribution in [0.25, 0.3) is 0 Å². The lowest BCUT2D eigenvalue weighted by molar-refractivity contribution is 0.0939. The lowest BCUT2D eigenvalue weighted by Gasteiger charge is -2.26. The fourth-order valence-corrected chi connectivity index (χ4v) is 5.49. The maximum atomic E-state index is 13.0. The molecule has 1 saturated heterocycles. The van der Waals surface area contributed by atoms with E-state index in [1.165, 1.54) is 22.5 Å². The van der Waals surface area contributed by atoms with Gasteiger partial charge in [0.1, 0.15) is 10.6 Å². The van der Waals surface area contributed by atoms with E-state index in [1.54, 1.807) is 0 Å². The first-order chi connectivity index (χ1) is 14.3. The molecule has 30 heavy (non-hydrogen) atoms. The van der Waals surface area contributed by atoms with Crippen molar-refractivity contribution in [2.45, 2.75) is 44.0 Å². The first-order valence-electron chi connectivity index (χ1n) is 10.2. The predicted molar refractivity (Wildman–Crippen MR) is 118 cm³/mol. The summed E-state index contributed by atoms with van der Waals surface area (Å²) in [4.78, 5) is 12.8. The molecular formula is C22H27ClN2O4S. The SMILES string of the molecule is CCOc1ccc([C@H](C)NC(=O)c2ccc(Cl)c(S(=O)(=O)N3CCCCC3)c2)cc1. The molecule has 1 atom stereocenters. The molecule has 0 saturated carbocycles. The topological polar surface area (TPSA) is 75.7 Å². The third-order valence-corrected chi connectivity index (χ3v) is 7.55. The van der Waals surface area contributed by atoms with Crippen molar-refractivity contribution in [2.24, 2.45) is 0 Å². The Morgan fingerprint density at radius 3 is 2.43 bits per heavy atom. The fourth-order valence-electron chi connectivity index (χ4n) is 3.47. The van der Waals surface area contributed by atoms with Crippen LogP contribution in [0.5, 0.6) is 5.75 Å². The van der Waals surface area contributed by atoms with Gasteiger partial charge in [-0.2, -0.15) is 4.31 Å². The van der Waals surface area contributed by atoms with Crippen molar-refractivity contribution < 1.29 is 17.9 Å². The Hall–Kier alpha value is -2.09. The lowest BCUT2D eigenvalue weighted by atomic mass is 10.1. The van der Waals surface area contributed by atoms with Crippen LogP contribution in [0.2, 0.25) is 5.02 Å². The number of ether oxygens (including phenoxy) is 1. The van der Waals surface area contributed by atoms with Gasteiger partial charge in [0.15, 0.2) is 0 Å². The minimum Gasteiger partial charge on any atom is -0.494 e. The number of carbonyl (C=O) groups is 1. The fraction of sp³-hybridized carbons (Fsp3) is 0.409. The Balaban J connectivity index is 1.77. The number of rotatable bonds is 7. The molecule has 6 nitrogen and oxygen atoms in total. The summed E-state index contributed by atoms with van der Waals surface area (Å²) < 4.78 is 32.9. The second-order valence-electron chi connectivity index (χ2n) is 7.31. The van der Waals surface area contributed by atoms with Gasteiger partial charge in [-0.1, -0.05) is 30.2 Å². The maximum Gasteiger partial charge on any atom is 0.251 e. The highest BCUT2D eigenvalue weighted by Gasteiger charge is 2.29. The van der Waals surface area contributed by atoms with Crippen molar-refractivity contribution >= 4 is 27.5 Å². The average molecular weight is 451 g/mol. The Morgan fingerprint density at radius 1 is 1.13 bits per heavy atom. The van der Waals surface area contributed by atoms with E-state index in [9.17, 15) is 13.2 Å². The van der Waals surface area contributed by atoms with Crippen LogP contribution in [0.4, 0.5) is 0 Å². The van der Waals surface area contributed by atoms with E-state index in [2.05, 4.69) is 5.32 Å². The van der Waals surface area contributed by atoms with Crippen LogP contribution in [0, 0.1) is 0 Å². The molecule has 162 valence electrons. The second kappa shape index (κ2) is 9.81. The summed E-state index contributed by atoms with van der Waals surface area (Å²) in [6, 6.07) is 11.6. The van der Waals surface area contributed by atoms with Gasteiger partial charge in [0.05, 0.1) is 17.7 Å². The number of sulfonamides is 1. The average Bonchev–Trinajstić information content (AvgIpc) is 2.75. The molecule has 0 spiro atoms. The number of halogens is 1. The molecule has 8 heteroatoms. The zero-order valence-electron chi connectivity index (χ0n) is 17.2. The van der Waals surface area contributed by atoms with Crippen molar-refractivity contribution in [3.05, 3.63) is 58.6 Å². The van der Waals surface area contributed by atoms with Gasteiger partial charge >= 0.3 is 0 Å². The summed E-state index contributed by atoms with van der Waals surface area (Å²) in [5.74, 6) is 0.410. The zero-order chi connectivity index (χ0) is 21.7. The van der Waals surface area contributed by atoms with E-state index < -0.39 is 10.0 Å². The number of hydrogen-bond donors (Lipinski definition) is 1. The minimum absolute atomic E-state index is 0.0209. The summed E-state index contributed by atoms with van der Waals surface area (Å²) in [6.45, 7) is 5.33. The normalized spacial score (nSPS) is 16.1. The number of hydrogen-bond acceptors (Lipinski definition) is 4. The van der Waals surface area contributed by atoms with Crippen LogP contribution >= 0.6 is 11.6 Å². The smallest absolute Gasteiger partial charge is 0.251 e. The van der Waals surface area contributed by atoms with E-state index in [0.29, 0.717) is 19.7 Å². The van der Waals surface area contributed by atoms with E-state index in [0.717, 1.165) is 30.6 Å². The van der Waals surface area contributed by atoms with Crippen LogP contribution in [0.1, 0.15) is 55.1 Å². The largest absolute Gasteiger partial charge is 0.494 e. The Morgan fingerprint density at radius 2 is 1.80 bits per heavy atom. The summed E-state index contributed by atoms with van der Waals surface area (Å²) in [5, 5.41) is 3.03. The molecule has 0 bridgehead atoms. The van der Waals surface area contributed by atoms with Crippen molar-refractivity contribution in [1.29, 1.82) is 0 Å². The van der Waals surface area contributed by atoms with Crippen LogP contribution in [0.15, 0.2) is 47.4 Å². The molecule has 3 rings (SSSR count). The molecule has 0 aliphatic carbocycles. The van der Waals surface area contributed by atoms with Crippen molar-refractivity contribution in [1.82, 2.24) is 9.62 Å². The number of nitrogens with zero attached hydrogens (tertiary/aromatic N) is 1. The molecule has 1 aliphatic heterocycles. The Bertz CT molecular complexity index is 987. The Kier molecular flexibility index (Phi) is 7.39. The quantitative estimate of drug-likeness (QED) is 0.678. The summed E-state index contributed by atoms with van der Waals surface area (Å²) in [7, 11) is -3.73. The highest BCUT2D eigenvalue weighted by Crippen LogP contribution is 2.28. The predicted octanol–water partition coefficient (Wildman–Crippen LogP) is 4.40. The molecular weight excluding hydrogens is 424 g/mol. The first-order valence-corrected chi connectivity index (χ1v) is 12.0. The molecule has 1 fully saturated rings. The Labute approximate surface area is 183 Å². The molecule has 2 aromatic rings. The van der Waals surface area contributed by atoms with Gasteiger partial charge in [-0.05, 0) is 62.6 Å². The van der Waals surface area contributed by atoms with E-state index >= 15 is 0 Å². The zero-order valence-corrected chi connectivity index (χ0v) is 18.8. The van der Waals surface area contributed by atoms with Gasteiger partial charge < -0.3 is 10.1 Å². The summed E-state index contributed by atoms with van der Waals surface area (Å²) in [5.41, 5.74) is 1.18. The monoisotopic (exact) mass is 450 g/mol. The highest BCUT2D eigenvalue weighted by atomic mass is 35.5. The van der Waals surface area contributed by atoms with Gasteiger partial charge in [-0.3, -0.25) is 4.79 Å². The highest BCUT2D eigenvalue weighted by molar-refractivity contribution is 7.89. The molecule has 1 aliphatic rings. The molecule has 1 N–H and O–H groups in total. The third kappa shape index (κ3) is 5.14. The number of amides is 1. The molecule has 0 radical (unpaired) electrons. The van der Waals surface area contributed by atoms with Crippen molar-refractivity contribution in [2.75, 3.05) is 19.7 Å². The lowest BCUT2D eigenvalue weighted by Crippen LogP contribution is -2.36. The van der Waals surface area contributed by atoms with E-state index in [-0.39, 0.29) is 27.4 Å². The number of carbonyl (C=O) groups excluding carboxylic acids is 1. The summed E-state index contributed by atoms with van der Waals surface area (Å²) in [6.07, 6.45) is 2.68. The molecule has 0 aromatic heterocycles. The van der Waals surface area contributed by atoms with Crippen LogP contribution in [0.3, 0.4) is 0 Å². The number of piperidine rings is 1. The van der Waals surface area contributed by atoms with Crippen LogP contribution < -0.4 is 10.1 Å². The standard InChI is InChI=1S/C22H27ClN2O4S/c1-3-29-19-10-7-17(8-11-19)16(2)24-22(26)18-9-12-20(23)21(15-18)30(27,28)25-13-5-4-6-14-25/h7-12,15-16H,3-6,13-14H2,1-2H3,(H,24,26)/t16-/m0/s1. The molecule has 0 unspecified atom stereocenters. The third-order valence-electron chi connectivity index (χ3n) is 5.16. The molecule has 1 amide bonds. The van der Waals surface area contributed by atoms with Crippen LogP contribution in [-0.2, 0) is 10.0 Å². The molecule has 2 aromatic carbocycles. The van der Waals surface area contributed by atoms with E-state index in [1.807, 2.05) is 38.1 Å². The van der Waals surface area contributed by atoms with Gasteiger partial charge in [-0.15, -0.1) is 0 Å². The minimum atomic E-state index is -3.73. The summed E-state index contributed by atoms with van der Waals surface area (Å²) >= 11 is 6.20. The van der Waals surface area contributed by atoms with Crippen molar-refractivity contribution in [3.8, 4) is 5.75 Å². The second-order valence-corrected chi connectivity index (χ2v) is 9.62.